The van der Waals surface area contributed by atoms with Gasteiger partial charge in [0.2, 0.25) is 0 Å². The molecule has 2 aromatic carbocycles. The Balaban J connectivity index is 2.15. The second kappa shape index (κ2) is 9.01. The summed E-state index contributed by atoms with van der Waals surface area (Å²) in [7, 11) is 1.48. The molecular weight excluding hydrogens is 373 g/mol. The summed E-state index contributed by atoms with van der Waals surface area (Å²) in [6.07, 6.45) is 1.25. The van der Waals surface area contributed by atoms with E-state index < -0.39 is 11.7 Å². The molecule has 6 nitrogen and oxygen atoms in total. The number of halogens is 2. The van der Waals surface area contributed by atoms with Crippen LogP contribution in [-0.2, 0) is 0 Å². The minimum atomic E-state index is -0.804. The molecule has 0 unspecified atom stereocenters. The van der Waals surface area contributed by atoms with Gasteiger partial charge in [-0.05, 0) is 49.7 Å². The number of rotatable bonds is 6. The van der Waals surface area contributed by atoms with Crippen LogP contribution in [0.15, 0.2) is 35.4 Å². The highest BCUT2D eigenvalue weighted by atomic mass is 35.5. The molecule has 27 heavy (non-hydrogen) atoms. The fourth-order valence-corrected chi connectivity index (χ4v) is 2.42. The number of hydrazone groups is 1. The zero-order chi connectivity index (χ0) is 20.0. The van der Waals surface area contributed by atoms with Gasteiger partial charge in [0.15, 0.2) is 11.5 Å². The van der Waals surface area contributed by atoms with Gasteiger partial charge in [0.25, 0.3) is 5.91 Å². The first-order valence-corrected chi connectivity index (χ1v) is 8.30. The Morgan fingerprint density at radius 1 is 1.37 bits per heavy atom. The minimum Gasteiger partial charge on any atom is -0.493 e. The molecular formula is C19H17ClFN3O3. The van der Waals surface area contributed by atoms with Gasteiger partial charge in [0.1, 0.15) is 5.82 Å². The van der Waals surface area contributed by atoms with Crippen LogP contribution in [0, 0.1) is 17.1 Å². The lowest BCUT2D eigenvalue weighted by atomic mass is 10.1. The summed E-state index contributed by atoms with van der Waals surface area (Å²) in [5.41, 5.74) is 2.67. The predicted octanol–water partition coefficient (Wildman–Crippen LogP) is 3.91. The maximum atomic E-state index is 13.8. The normalized spacial score (nSPS) is 10.7. The van der Waals surface area contributed by atoms with Crippen LogP contribution in [0.3, 0.4) is 0 Å². The molecule has 8 heteroatoms. The smallest absolute Gasteiger partial charge is 0.274 e. The Morgan fingerprint density at radius 2 is 2.11 bits per heavy atom. The number of ether oxygens (including phenoxy) is 2. The van der Waals surface area contributed by atoms with E-state index >= 15 is 0 Å². The number of carbonyl (C=O) groups excluding carboxylic acids is 1. The fourth-order valence-electron chi connectivity index (χ4n) is 2.16. The van der Waals surface area contributed by atoms with E-state index in [0.29, 0.717) is 22.1 Å². The molecule has 1 amide bonds. The molecule has 0 saturated carbocycles. The highest BCUT2D eigenvalue weighted by molar-refractivity contribution is 6.32. The second-order valence-corrected chi connectivity index (χ2v) is 6.11. The van der Waals surface area contributed by atoms with Gasteiger partial charge in [-0.15, -0.1) is 0 Å². The summed E-state index contributed by atoms with van der Waals surface area (Å²) >= 11 is 6.21. The van der Waals surface area contributed by atoms with E-state index in [2.05, 4.69) is 10.5 Å². The number of nitrogens with zero attached hydrogens (tertiary/aromatic N) is 2. The average molecular weight is 390 g/mol. The van der Waals surface area contributed by atoms with Gasteiger partial charge in [-0.25, -0.2) is 9.82 Å². The number of amides is 1. The van der Waals surface area contributed by atoms with E-state index in [9.17, 15) is 9.18 Å². The van der Waals surface area contributed by atoms with Crippen molar-refractivity contribution in [2.45, 2.75) is 20.0 Å². The van der Waals surface area contributed by atoms with Gasteiger partial charge in [0.05, 0.1) is 41.6 Å². The second-order valence-electron chi connectivity index (χ2n) is 5.71. The molecule has 0 atom stereocenters. The Labute approximate surface area is 161 Å². The van der Waals surface area contributed by atoms with Crippen LogP contribution in [0.4, 0.5) is 4.39 Å². The molecule has 0 aliphatic heterocycles. The SMILES string of the molecule is COc1cc(/C=N/NC(=O)c2ccc(C#N)cc2F)cc(Cl)c1OC(C)C. The van der Waals surface area contributed by atoms with Gasteiger partial charge in [-0.1, -0.05) is 11.6 Å². The van der Waals surface area contributed by atoms with E-state index in [4.69, 9.17) is 26.3 Å². The molecule has 1 N–H and O–H groups in total. The van der Waals surface area contributed by atoms with Crippen LogP contribution < -0.4 is 14.9 Å². The van der Waals surface area contributed by atoms with E-state index in [0.717, 1.165) is 6.07 Å². The van der Waals surface area contributed by atoms with Crippen LogP contribution in [0.2, 0.25) is 5.02 Å². The Kier molecular flexibility index (Phi) is 6.74. The fraction of sp³-hybridized carbons (Fsp3) is 0.211. The third-order valence-corrected chi connectivity index (χ3v) is 3.61. The van der Waals surface area contributed by atoms with E-state index in [1.807, 2.05) is 13.8 Å². The number of hydrogen-bond donors (Lipinski definition) is 1. The molecule has 0 saturated heterocycles. The van der Waals surface area contributed by atoms with Crippen LogP contribution in [-0.4, -0.2) is 25.3 Å². The van der Waals surface area contributed by atoms with Crippen molar-refractivity contribution in [1.82, 2.24) is 5.43 Å². The molecule has 0 aliphatic carbocycles. The first kappa shape index (κ1) is 20.2. The van der Waals surface area contributed by atoms with Crippen LogP contribution in [0.25, 0.3) is 0 Å². The highest BCUT2D eigenvalue weighted by Crippen LogP contribution is 2.36. The van der Waals surface area contributed by atoms with Crippen molar-refractivity contribution in [2.24, 2.45) is 5.10 Å². The third-order valence-electron chi connectivity index (χ3n) is 3.33. The van der Waals surface area contributed by atoms with Gasteiger partial charge < -0.3 is 9.47 Å². The lowest BCUT2D eigenvalue weighted by molar-refractivity contribution is 0.0951. The quantitative estimate of drug-likeness (QED) is 0.599. The number of nitriles is 1. The monoisotopic (exact) mass is 389 g/mol. The minimum absolute atomic E-state index is 0.0856. The molecule has 0 fully saturated rings. The van der Waals surface area contributed by atoms with Gasteiger partial charge >= 0.3 is 0 Å². The van der Waals surface area contributed by atoms with Gasteiger partial charge in [-0.2, -0.15) is 10.4 Å². The topological polar surface area (TPSA) is 83.7 Å². The van der Waals surface area contributed by atoms with Crippen molar-refractivity contribution in [3.05, 3.63) is 57.9 Å². The van der Waals surface area contributed by atoms with Crippen molar-refractivity contribution in [1.29, 1.82) is 5.26 Å². The third kappa shape index (κ3) is 5.19. The maximum absolute atomic E-state index is 13.8. The zero-order valence-corrected chi connectivity index (χ0v) is 15.7. The van der Waals surface area contributed by atoms with Gasteiger partial charge in [-0.3, -0.25) is 4.79 Å². The molecule has 2 aromatic rings. The summed E-state index contributed by atoms with van der Waals surface area (Å²) in [5, 5.41) is 12.8. The van der Waals surface area contributed by atoms with Crippen molar-refractivity contribution in [2.75, 3.05) is 7.11 Å². The lowest BCUT2D eigenvalue weighted by Crippen LogP contribution is -2.19. The van der Waals surface area contributed by atoms with E-state index in [-0.39, 0.29) is 17.2 Å². The number of methoxy groups -OCH3 is 1. The van der Waals surface area contributed by atoms with Crippen molar-refractivity contribution >= 4 is 23.7 Å². The van der Waals surface area contributed by atoms with Crippen LogP contribution >= 0.6 is 11.6 Å². The average Bonchev–Trinajstić information content (AvgIpc) is 2.62. The largest absolute Gasteiger partial charge is 0.493 e. The van der Waals surface area contributed by atoms with Crippen molar-refractivity contribution in [3.8, 4) is 17.6 Å². The molecule has 0 radical (unpaired) electrons. The Bertz CT molecular complexity index is 923. The van der Waals surface area contributed by atoms with E-state index in [1.54, 1.807) is 18.2 Å². The molecule has 0 bridgehead atoms. The summed E-state index contributed by atoms with van der Waals surface area (Å²) < 4.78 is 24.7. The standard InChI is InChI=1S/C19H17ClFN3O3/c1-11(2)27-18-15(20)6-13(8-17(18)26-3)10-23-24-19(25)14-5-4-12(9-22)7-16(14)21/h4-8,10-11H,1-3H3,(H,24,25)/b23-10+. The summed E-state index contributed by atoms with van der Waals surface area (Å²) in [5.74, 6) is -0.718. The van der Waals surface area contributed by atoms with E-state index in [1.165, 1.54) is 25.5 Å². The number of carbonyl (C=O) groups is 1. The number of nitrogens with one attached hydrogen (secondary N) is 1. The number of hydrogen-bond acceptors (Lipinski definition) is 5. The maximum Gasteiger partial charge on any atom is 0.274 e. The van der Waals surface area contributed by atoms with Gasteiger partial charge in [0, 0.05) is 0 Å². The van der Waals surface area contributed by atoms with Crippen molar-refractivity contribution < 1.29 is 18.7 Å². The molecule has 0 aliphatic rings. The molecule has 0 spiro atoms. The summed E-state index contributed by atoms with van der Waals surface area (Å²) in [4.78, 5) is 12.0. The zero-order valence-electron chi connectivity index (χ0n) is 14.9. The first-order chi connectivity index (χ1) is 12.8. The van der Waals surface area contributed by atoms with Crippen molar-refractivity contribution in [3.63, 3.8) is 0 Å². The first-order valence-electron chi connectivity index (χ1n) is 7.93. The lowest BCUT2D eigenvalue weighted by Gasteiger charge is -2.15. The summed E-state index contributed by atoms with van der Waals surface area (Å²) in [6, 6.07) is 8.58. The summed E-state index contributed by atoms with van der Waals surface area (Å²) in [6.45, 7) is 3.73. The number of benzene rings is 2. The molecule has 2 rings (SSSR count). The predicted molar refractivity (Wildman–Crippen MR) is 99.9 cm³/mol. The molecule has 0 aromatic heterocycles. The molecule has 140 valence electrons. The highest BCUT2D eigenvalue weighted by Gasteiger charge is 2.14. The van der Waals surface area contributed by atoms with Crippen LogP contribution in [0.5, 0.6) is 11.5 Å². The Morgan fingerprint density at radius 3 is 2.70 bits per heavy atom. The molecule has 0 heterocycles. The van der Waals surface area contributed by atoms with Crippen LogP contribution in [0.1, 0.15) is 35.3 Å². The Hall–Kier alpha value is -3.11.